The number of halogens is 6. The van der Waals surface area contributed by atoms with Gasteiger partial charge in [0, 0.05) is 19.0 Å². The molecule has 2 heterocycles. The maximum absolute atomic E-state index is 15.1. The third-order valence-electron chi connectivity index (χ3n) is 5.34. The minimum atomic E-state index is -4.82. The highest BCUT2D eigenvalue weighted by molar-refractivity contribution is 6.06. The number of carbonyl (C=O) groups is 1. The fraction of sp³-hybridized carbons (Fsp3) is 0.318. The molecule has 0 unspecified atom stereocenters. The van der Waals surface area contributed by atoms with Gasteiger partial charge in [-0.2, -0.15) is 17.9 Å². The van der Waals surface area contributed by atoms with E-state index in [1.54, 1.807) is 0 Å². The van der Waals surface area contributed by atoms with E-state index in [-0.39, 0.29) is 0 Å². The van der Waals surface area contributed by atoms with E-state index >= 15 is 4.39 Å². The number of rotatable bonds is 5. The molecule has 0 saturated carbocycles. The number of aryl methyl sites for hydroxylation is 1. The van der Waals surface area contributed by atoms with E-state index in [0.717, 1.165) is 37.1 Å². The fourth-order valence-electron chi connectivity index (χ4n) is 3.69. The van der Waals surface area contributed by atoms with Gasteiger partial charge in [0.25, 0.3) is 5.91 Å². The number of aromatic nitrogens is 3. The zero-order valence-corrected chi connectivity index (χ0v) is 18.0. The van der Waals surface area contributed by atoms with Crippen molar-refractivity contribution < 1.29 is 35.9 Å². The van der Waals surface area contributed by atoms with Gasteiger partial charge in [-0.1, -0.05) is 12.5 Å². The number of anilines is 1. The van der Waals surface area contributed by atoms with E-state index in [1.165, 1.54) is 4.57 Å². The largest absolute Gasteiger partial charge is 0.483 e. The average Bonchev–Trinajstić information content (AvgIpc) is 2.95. The molecule has 1 N–H and O–H groups in total. The summed E-state index contributed by atoms with van der Waals surface area (Å²) in [6.07, 6.45) is -2.03. The Morgan fingerprint density at radius 2 is 1.77 bits per heavy atom. The number of para-hydroxylation sites is 1. The number of nitrogens with zero attached hydrogens (tertiary/aromatic N) is 3. The lowest BCUT2D eigenvalue weighted by Gasteiger charge is -2.15. The van der Waals surface area contributed by atoms with E-state index in [1.807, 2.05) is 5.32 Å². The number of fused-ring (bicyclic) bond motifs is 1. The summed E-state index contributed by atoms with van der Waals surface area (Å²) in [6, 6.07) is 3.97. The van der Waals surface area contributed by atoms with E-state index in [0.29, 0.717) is 36.0 Å². The molecule has 0 saturated heterocycles. The molecule has 13 heteroatoms. The van der Waals surface area contributed by atoms with Crippen molar-refractivity contribution in [2.45, 2.75) is 38.4 Å². The van der Waals surface area contributed by atoms with Crippen LogP contribution in [0.5, 0.6) is 5.75 Å². The number of hydrogen-bond donors (Lipinski definition) is 1. The van der Waals surface area contributed by atoms with E-state index in [2.05, 4.69) is 5.10 Å². The van der Waals surface area contributed by atoms with Crippen LogP contribution in [0.25, 0.3) is 5.69 Å². The highest BCUT2D eigenvalue weighted by atomic mass is 19.4. The Morgan fingerprint density at radius 1 is 1.06 bits per heavy atom. The Kier molecular flexibility index (Phi) is 6.59. The minimum Gasteiger partial charge on any atom is -0.483 e. The highest BCUT2D eigenvalue weighted by Gasteiger charge is 2.30. The van der Waals surface area contributed by atoms with Gasteiger partial charge in [-0.05, 0) is 31.0 Å². The first-order valence-electron chi connectivity index (χ1n) is 10.5. The van der Waals surface area contributed by atoms with Crippen LogP contribution in [-0.2, 0) is 13.0 Å². The smallest absolute Gasteiger partial charge is 0.422 e. The van der Waals surface area contributed by atoms with Crippen molar-refractivity contribution in [2.24, 2.45) is 0 Å². The Hall–Kier alpha value is -3.77. The molecular formula is C22H18F6N4O3. The van der Waals surface area contributed by atoms with Crippen molar-refractivity contribution in [2.75, 3.05) is 11.9 Å². The maximum Gasteiger partial charge on any atom is 0.422 e. The molecule has 0 radical (unpaired) electrons. The predicted octanol–water partition coefficient (Wildman–Crippen LogP) is 4.37. The molecule has 35 heavy (non-hydrogen) atoms. The van der Waals surface area contributed by atoms with Crippen molar-refractivity contribution in [1.82, 2.24) is 14.3 Å². The molecular weight excluding hydrogens is 482 g/mol. The van der Waals surface area contributed by atoms with Gasteiger partial charge in [-0.15, -0.1) is 5.10 Å². The molecule has 1 aliphatic rings. The summed E-state index contributed by atoms with van der Waals surface area (Å²) in [5.74, 6) is -5.19. The van der Waals surface area contributed by atoms with Crippen LogP contribution in [0.4, 0.5) is 32.0 Å². The number of benzene rings is 2. The lowest BCUT2D eigenvalue weighted by atomic mass is 10.1. The average molecular weight is 500 g/mol. The van der Waals surface area contributed by atoms with Crippen molar-refractivity contribution >= 4 is 11.6 Å². The second kappa shape index (κ2) is 9.47. The van der Waals surface area contributed by atoms with Gasteiger partial charge in [0.1, 0.15) is 40.4 Å². The summed E-state index contributed by atoms with van der Waals surface area (Å²) in [6.45, 7) is -1.50. The molecule has 4 rings (SSSR count). The lowest BCUT2D eigenvalue weighted by Crippen LogP contribution is -2.26. The third-order valence-corrected chi connectivity index (χ3v) is 5.34. The van der Waals surface area contributed by atoms with Crippen LogP contribution < -0.4 is 15.7 Å². The molecule has 186 valence electrons. The first-order chi connectivity index (χ1) is 16.5. The molecule has 3 aromatic rings. The summed E-state index contributed by atoms with van der Waals surface area (Å²) in [5.41, 5.74) is -2.89. The van der Waals surface area contributed by atoms with Crippen LogP contribution in [0.2, 0.25) is 0 Å². The van der Waals surface area contributed by atoms with Gasteiger partial charge in [0.15, 0.2) is 6.61 Å². The second-order valence-corrected chi connectivity index (χ2v) is 7.83. The van der Waals surface area contributed by atoms with Crippen LogP contribution >= 0.6 is 0 Å². The highest BCUT2D eigenvalue weighted by Crippen LogP contribution is 2.29. The first-order valence-corrected chi connectivity index (χ1v) is 10.5. The van der Waals surface area contributed by atoms with Gasteiger partial charge in [-0.25, -0.2) is 18.0 Å². The monoisotopic (exact) mass is 500 g/mol. The molecule has 0 spiro atoms. The first kappa shape index (κ1) is 24.4. The van der Waals surface area contributed by atoms with Gasteiger partial charge in [-0.3, -0.25) is 9.36 Å². The summed E-state index contributed by atoms with van der Waals surface area (Å²) in [5, 5.41) is 5.98. The number of alkyl halides is 3. The van der Waals surface area contributed by atoms with Crippen LogP contribution in [0.3, 0.4) is 0 Å². The number of nitrogens with one attached hydrogen (secondary N) is 1. The molecule has 0 atom stereocenters. The van der Waals surface area contributed by atoms with Crippen molar-refractivity contribution in [3.05, 3.63) is 69.7 Å². The Labute approximate surface area is 193 Å². The van der Waals surface area contributed by atoms with Gasteiger partial charge in [0.2, 0.25) is 0 Å². The molecule has 7 nitrogen and oxygen atoms in total. The Bertz CT molecular complexity index is 1310. The quantitative estimate of drug-likeness (QED) is 0.528. The second-order valence-electron chi connectivity index (χ2n) is 7.83. The Balaban J connectivity index is 1.77. The van der Waals surface area contributed by atoms with Gasteiger partial charge >= 0.3 is 11.9 Å². The fourth-order valence-corrected chi connectivity index (χ4v) is 3.69. The minimum absolute atomic E-state index is 0.349. The Morgan fingerprint density at radius 3 is 2.46 bits per heavy atom. The number of ether oxygens (including phenoxy) is 1. The van der Waals surface area contributed by atoms with E-state index < -0.39 is 64.5 Å². The topological polar surface area (TPSA) is 78.2 Å². The van der Waals surface area contributed by atoms with Crippen molar-refractivity contribution in [3.63, 3.8) is 0 Å². The van der Waals surface area contributed by atoms with Crippen LogP contribution in [0.1, 0.15) is 35.4 Å². The summed E-state index contributed by atoms with van der Waals surface area (Å²) in [4.78, 5) is 25.5. The number of amides is 1. The van der Waals surface area contributed by atoms with E-state index in [4.69, 9.17) is 4.74 Å². The zero-order valence-electron chi connectivity index (χ0n) is 18.0. The summed E-state index contributed by atoms with van der Waals surface area (Å²) >= 11 is 0. The number of carbonyl (C=O) groups excluding carboxylic acids is 1. The van der Waals surface area contributed by atoms with Crippen molar-refractivity contribution in [1.29, 1.82) is 0 Å². The van der Waals surface area contributed by atoms with Crippen LogP contribution in [-0.4, -0.2) is 33.0 Å². The molecule has 0 aliphatic carbocycles. The van der Waals surface area contributed by atoms with Gasteiger partial charge < -0.3 is 10.1 Å². The zero-order chi connectivity index (χ0) is 25.3. The molecule has 2 aromatic carbocycles. The molecule has 0 fully saturated rings. The van der Waals surface area contributed by atoms with Crippen LogP contribution in [0, 0.1) is 17.5 Å². The standard InChI is InChI=1S/C22H18F6N4O3/c23-13-5-4-6-14(24)19(13)29-20(33)12-9-15(25)16(10-17(12)35-11-22(26,27)28)32-21(34)31-8-3-1-2-7-18(31)30-32/h4-6,9-10H,1-3,7-8,11H2,(H,29,33). The SMILES string of the molecule is O=C(Nc1c(F)cccc1F)c1cc(F)c(-n2nc3n(c2=O)CCCCC3)cc1OCC(F)(F)F. The summed E-state index contributed by atoms with van der Waals surface area (Å²) < 4.78 is 88.1. The van der Waals surface area contributed by atoms with E-state index in [9.17, 15) is 31.5 Å². The third kappa shape index (κ3) is 5.17. The molecule has 1 aromatic heterocycles. The van der Waals surface area contributed by atoms with Gasteiger partial charge in [0.05, 0.1) is 5.56 Å². The normalized spacial score (nSPS) is 13.8. The molecule has 1 aliphatic heterocycles. The predicted molar refractivity (Wildman–Crippen MR) is 111 cm³/mol. The number of hydrogen-bond acceptors (Lipinski definition) is 4. The molecule has 0 bridgehead atoms. The van der Waals surface area contributed by atoms with Crippen molar-refractivity contribution in [3.8, 4) is 11.4 Å². The lowest BCUT2D eigenvalue weighted by molar-refractivity contribution is -0.153. The summed E-state index contributed by atoms with van der Waals surface area (Å²) in [7, 11) is 0. The van der Waals surface area contributed by atoms with Crippen LogP contribution in [0.15, 0.2) is 35.1 Å². The maximum atomic E-state index is 15.1. The molecule has 1 amide bonds.